The van der Waals surface area contributed by atoms with Crippen molar-refractivity contribution in [2.24, 2.45) is 5.41 Å². The number of pyridine rings is 1. The monoisotopic (exact) mass is 896 g/mol. The van der Waals surface area contributed by atoms with Gasteiger partial charge in [-0.15, -0.1) is 0 Å². The molecule has 4 N–H and O–H groups in total. The van der Waals surface area contributed by atoms with Crippen molar-refractivity contribution in [3.63, 3.8) is 0 Å². The van der Waals surface area contributed by atoms with Crippen LogP contribution in [0.1, 0.15) is 69.2 Å². The summed E-state index contributed by atoms with van der Waals surface area (Å²) in [6, 6.07) is 15.9. The van der Waals surface area contributed by atoms with Crippen molar-refractivity contribution >= 4 is 56.1 Å². The fourth-order valence-electron chi connectivity index (χ4n) is 9.78. The Morgan fingerprint density at radius 2 is 1.77 bits per heavy atom. The van der Waals surface area contributed by atoms with E-state index in [1.165, 1.54) is 11.1 Å². The molecule has 3 atom stereocenters. The summed E-state index contributed by atoms with van der Waals surface area (Å²) in [6.07, 6.45) is 1.85. The highest BCUT2D eigenvalue weighted by molar-refractivity contribution is 7.90. The highest BCUT2D eigenvalue weighted by Crippen LogP contribution is 2.43. The van der Waals surface area contributed by atoms with Gasteiger partial charge in [-0.2, -0.15) is 12.7 Å². The van der Waals surface area contributed by atoms with Crippen LogP contribution in [0.25, 0.3) is 22.2 Å². The number of carbonyl (C=O) groups excluding carboxylic acids is 4. The fourth-order valence-corrected chi connectivity index (χ4v) is 11.0. The van der Waals surface area contributed by atoms with Gasteiger partial charge in [0.15, 0.2) is 5.82 Å². The summed E-state index contributed by atoms with van der Waals surface area (Å²) >= 11 is 0. The zero-order valence-corrected chi connectivity index (χ0v) is 35.1. The van der Waals surface area contributed by atoms with Gasteiger partial charge in [-0.25, -0.2) is 18.2 Å². The molecule has 15 nitrogen and oxygen atoms in total. The van der Waals surface area contributed by atoms with E-state index in [1.807, 2.05) is 35.1 Å². The topological polar surface area (TPSA) is 188 Å². The summed E-state index contributed by atoms with van der Waals surface area (Å²) in [4.78, 5) is 64.2. The zero-order chi connectivity index (χ0) is 44.7. The predicted octanol–water partition coefficient (Wildman–Crippen LogP) is 4.45. The minimum atomic E-state index is -4.36. The number of nitrogens with one attached hydrogen (secondary N) is 3. The Bertz CT molecular complexity index is 2860. The van der Waals surface area contributed by atoms with E-state index in [4.69, 9.17) is 0 Å². The Kier molecular flexibility index (Phi) is 10.3. The number of piperidine rings is 1. The van der Waals surface area contributed by atoms with Crippen molar-refractivity contribution < 1.29 is 45.9 Å². The van der Waals surface area contributed by atoms with Crippen LogP contribution in [-0.2, 0) is 26.3 Å². The summed E-state index contributed by atoms with van der Waals surface area (Å²) in [5, 5.41) is 13.7. The van der Waals surface area contributed by atoms with Crippen LogP contribution in [0.2, 0.25) is 0 Å². The number of aromatic nitrogens is 2. The third kappa shape index (κ3) is 7.48. The smallest absolute Gasteiger partial charge is 0.301 e. The van der Waals surface area contributed by atoms with Gasteiger partial charge in [0.05, 0.1) is 17.4 Å². The molecule has 332 valence electrons. The number of alkyl halides is 1. The number of amides is 3. The standard InChI is InChI=1S/C45H43F3N8O7S/c46-29-11-14-55(20-29)64(62,63)52-35-8-7-34(47)39(40(35)48)41(59)33-18-50-42-32(33)16-27(17-49-42)25-1-4-30(5-2-25)54-23-45(24-54)21-53(22-45)13-12-37(57)26-3-6-31-28(15-26)19-56(44(31)61)36-9-10-38(58)51-43(36)60/h1-8,15-18,29,36-37,52,57H,9-14,19-24H2,(H,49,50)(H,51,58,60)/t29?,36-,37+/m0/s1. The van der Waals surface area contributed by atoms with Crippen LogP contribution in [0.4, 0.5) is 24.5 Å². The summed E-state index contributed by atoms with van der Waals surface area (Å²) in [5.74, 6) is -4.63. The number of aliphatic hydroxyl groups is 1. The van der Waals surface area contributed by atoms with Gasteiger partial charge >= 0.3 is 10.2 Å². The molecule has 19 heteroatoms. The highest BCUT2D eigenvalue weighted by Gasteiger charge is 2.51. The number of rotatable bonds is 12. The molecule has 0 radical (unpaired) electrons. The number of imide groups is 1. The van der Waals surface area contributed by atoms with Crippen LogP contribution in [-0.4, -0.2) is 119 Å². The number of ketones is 1. The quantitative estimate of drug-likeness (QED) is 0.103. The number of H-pyrrole nitrogens is 1. The van der Waals surface area contributed by atoms with Crippen LogP contribution in [0.5, 0.6) is 0 Å². The van der Waals surface area contributed by atoms with E-state index < -0.39 is 69.6 Å². The average Bonchev–Trinajstić information content (AvgIpc) is 3.97. The molecule has 1 unspecified atom stereocenters. The second-order valence-corrected chi connectivity index (χ2v) is 19.2. The van der Waals surface area contributed by atoms with Gasteiger partial charge in [-0.05, 0) is 72.4 Å². The molecule has 2 aromatic heterocycles. The number of fused-ring (bicyclic) bond motifs is 2. The Morgan fingerprint density at radius 3 is 2.50 bits per heavy atom. The van der Waals surface area contributed by atoms with Crippen molar-refractivity contribution in [1.29, 1.82) is 0 Å². The molecule has 0 aliphatic carbocycles. The van der Waals surface area contributed by atoms with Crippen molar-refractivity contribution in [2.45, 2.75) is 50.5 Å². The van der Waals surface area contributed by atoms with Gasteiger partial charge in [0.25, 0.3) is 5.91 Å². The van der Waals surface area contributed by atoms with Crippen molar-refractivity contribution in [3.05, 3.63) is 113 Å². The van der Waals surface area contributed by atoms with Crippen LogP contribution < -0.4 is 14.9 Å². The summed E-state index contributed by atoms with van der Waals surface area (Å²) in [5.41, 5.74) is 3.32. The lowest BCUT2D eigenvalue weighted by Gasteiger charge is -2.61. The SMILES string of the molecule is O=C1CC[C@H](N2Cc3cc([C@H](O)CCN4CC5(C4)CN(c4ccc(-c6cnc7[nH]cc(C(=O)c8c(F)ccc(NS(=O)(=O)N9CCC(F)C9)c8F)c7c6)cc4)C5)ccc3C2=O)C(=O)N1. The van der Waals surface area contributed by atoms with Gasteiger partial charge in [-0.1, -0.05) is 24.3 Å². The van der Waals surface area contributed by atoms with Crippen molar-refractivity contribution in [1.82, 2.24) is 29.4 Å². The normalized spacial score (nSPS) is 21.5. The molecule has 5 aliphatic heterocycles. The minimum Gasteiger partial charge on any atom is -0.388 e. The Labute approximate surface area is 365 Å². The number of aliphatic hydroxyl groups excluding tert-OH is 1. The molecule has 3 aromatic carbocycles. The van der Waals surface area contributed by atoms with E-state index in [0.717, 1.165) is 65.0 Å². The first-order valence-corrected chi connectivity index (χ1v) is 22.5. The molecule has 64 heavy (non-hydrogen) atoms. The molecule has 3 amide bonds. The maximum Gasteiger partial charge on any atom is 0.301 e. The number of benzene rings is 3. The maximum absolute atomic E-state index is 15.7. The lowest BCUT2D eigenvalue weighted by atomic mass is 9.72. The van der Waals surface area contributed by atoms with Crippen LogP contribution >= 0.6 is 0 Å². The lowest BCUT2D eigenvalue weighted by molar-refractivity contribution is -0.136. The first-order chi connectivity index (χ1) is 30.6. The number of hydrogen-bond donors (Lipinski definition) is 4. The van der Waals surface area contributed by atoms with Gasteiger partial charge in [0.1, 0.15) is 23.7 Å². The van der Waals surface area contributed by atoms with Gasteiger partial charge in [0.2, 0.25) is 17.6 Å². The molecular formula is C45H43F3N8O7S. The molecule has 4 saturated heterocycles. The predicted molar refractivity (Wildman–Crippen MR) is 228 cm³/mol. The van der Waals surface area contributed by atoms with Gasteiger partial charge < -0.3 is 24.8 Å². The summed E-state index contributed by atoms with van der Waals surface area (Å²) < 4.78 is 73.0. The number of nitrogens with zero attached hydrogens (tertiary/aromatic N) is 5. The van der Waals surface area contributed by atoms with Crippen molar-refractivity contribution in [2.75, 3.05) is 55.4 Å². The Hall–Kier alpha value is -6.15. The largest absolute Gasteiger partial charge is 0.388 e. The second kappa shape index (κ2) is 15.8. The van der Waals surface area contributed by atoms with Crippen LogP contribution in [0, 0.1) is 17.0 Å². The Morgan fingerprint density at radius 1 is 0.984 bits per heavy atom. The second-order valence-electron chi connectivity index (χ2n) is 17.5. The minimum absolute atomic E-state index is 0.00299. The molecule has 0 bridgehead atoms. The molecule has 5 aromatic rings. The third-order valence-electron chi connectivity index (χ3n) is 13.2. The number of halogens is 3. The Balaban J connectivity index is 0.736. The number of carbonyl (C=O) groups is 4. The first-order valence-electron chi connectivity index (χ1n) is 21.1. The number of hydrogen-bond acceptors (Lipinski definition) is 10. The first kappa shape index (κ1) is 41.8. The number of likely N-dealkylation sites (tertiary alicyclic amines) is 1. The molecule has 1 spiro atoms. The van der Waals surface area contributed by atoms with E-state index in [2.05, 4.69) is 25.1 Å². The molecule has 4 fully saturated rings. The third-order valence-corrected chi connectivity index (χ3v) is 14.6. The number of anilines is 2. The van der Waals surface area contributed by atoms with Crippen LogP contribution in [0.15, 0.2) is 73.1 Å². The highest BCUT2D eigenvalue weighted by atomic mass is 32.2. The summed E-state index contributed by atoms with van der Waals surface area (Å²) in [7, 11) is -4.36. The van der Waals surface area contributed by atoms with Gasteiger partial charge in [-0.3, -0.25) is 29.2 Å². The molecule has 5 aliphatic rings. The van der Waals surface area contributed by atoms with Crippen LogP contribution in [0.3, 0.4) is 0 Å². The van der Waals surface area contributed by atoms with Crippen molar-refractivity contribution in [3.8, 4) is 11.1 Å². The molecule has 0 saturated carbocycles. The zero-order valence-electron chi connectivity index (χ0n) is 34.3. The fraction of sp³-hybridized carbons (Fsp3) is 0.356. The van der Waals surface area contributed by atoms with E-state index in [0.29, 0.717) is 41.5 Å². The van der Waals surface area contributed by atoms with Gasteiger partial charge in [0, 0.05) is 104 Å². The van der Waals surface area contributed by atoms with E-state index in [1.54, 1.807) is 24.4 Å². The van der Waals surface area contributed by atoms with E-state index in [-0.39, 0.29) is 48.7 Å². The maximum atomic E-state index is 15.7. The summed E-state index contributed by atoms with van der Waals surface area (Å²) in [6.45, 7) is 4.04. The van der Waals surface area contributed by atoms with E-state index in [9.17, 15) is 37.1 Å². The number of aromatic amines is 1. The molecule has 7 heterocycles. The average molecular weight is 897 g/mol. The molecular weight excluding hydrogens is 854 g/mol. The molecule has 10 rings (SSSR count). The van der Waals surface area contributed by atoms with E-state index >= 15 is 8.78 Å². The lowest BCUT2D eigenvalue weighted by Crippen LogP contribution is -2.72.